The van der Waals surface area contributed by atoms with Crippen molar-refractivity contribution in [2.75, 3.05) is 0 Å². The van der Waals surface area contributed by atoms with Crippen LogP contribution in [0.3, 0.4) is 0 Å². The first kappa shape index (κ1) is 31.4. The normalized spacial score (nSPS) is 17.7. The summed E-state index contributed by atoms with van der Waals surface area (Å²) in [6.45, 7) is 3.93. The van der Waals surface area contributed by atoms with Gasteiger partial charge in [0.2, 0.25) is 0 Å². The van der Waals surface area contributed by atoms with Crippen molar-refractivity contribution < 1.29 is 23.5 Å². The lowest BCUT2D eigenvalue weighted by Gasteiger charge is -2.40. The molecular weight excluding hydrogens is 600 g/mol. The first-order chi connectivity index (χ1) is 23.4. The molecule has 2 heterocycles. The Balaban J connectivity index is 1.12. The van der Waals surface area contributed by atoms with Crippen LogP contribution in [0.25, 0.3) is 0 Å². The molecule has 1 aliphatic carbocycles. The molecule has 2 aliphatic rings. The lowest BCUT2D eigenvalue weighted by molar-refractivity contribution is -0.132. The van der Waals surface area contributed by atoms with Gasteiger partial charge in [-0.1, -0.05) is 122 Å². The average Bonchev–Trinajstić information content (AvgIpc) is 3.66. The number of nitrogens with zero attached hydrogens (tertiary/aromatic N) is 2. The van der Waals surface area contributed by atoms with Crippen molar-refractivity contribution in [2.24, 2.45) is 0 Å². The Kier molecular flexibility index (Phi) is 8.85. The summed E-state index contributed by atoms with van der Waals surface area (Å²) < 4.78 is 18.2. The highest BCUT2D eigenvalue weighted by Crippen LogP contribution is 2.45. The highest BCUT2D eigenvalue weighted by atomic mass is 16.6. The summed E-state index contributed by atoms with van der Waals surface area (Å²) in [5.41, 5.74) is 2.81. The van der Waals surface area contributed by atoms with E-state index in [2.05, 4.69) is 0 Å². The van der Waals surface area contributed by atoms with E-state index in [4.69, 9.17) is 18.9 Å². The molecule has 7 heteroatoms. The van der Waals surface area contributed by atoms with Gasteiger partial charge < -0.3 is 13.9 Å². The molecule has 1 saturated heterocycles. The van der Waals surface area contributed by atoms with Gasteiger partial charge in [0.05, 0.1) is 0 Å². The molecule has 5 aromatic rings. The molecule has 2 unspecified atom stereocenters. The van der Waals surface area contributed by atoms with E-state index in [9.17, 15) is 9.59 Å². The summed E-state index contributed by atoms with van der Waals surface area (Å²) in [5.74, 6) is 2.30. The molecule has 7 nitrogen and oxygen atoms in total. The monoisotopic (exact) mass is 640 g/mol. The first-order valence-corrected chi connectivity index (χ1v) is 16.9. The number of ether oxygens (including phenoxy) is 2. The van der Waals surface area contributed by atoms with E-state index < -0.39 is 17.7 Å². The van der Waals surface area contributed by atoms with Gasteiger partial charge in [-0.05, 0) is 61.1 Å². The van der Waals surface area contributed by atoms with E-state index >= 15 is 0 Å². The Morgan fingerprint density at radius 3 is 1.88 bits per heavy atom. The van der Waals surface area contributed by atoms with Crippen LogP contribution in [0.5, 0.6) is 5.75 Å². The first-order valence-electron chi connectivity index (χ1n) is 16.9. The summed E-state index contributed by atoms with van der Waals surface area (Å²) in [4.78, 5) is 34.3. The van der Waals surface area contributed by atoms with Crippen molar-refractivity contribution in [3.63, 3.8) is 0 Å². The molecule has 0 bridgehead atoms. The molecule has 2 amide bonds. The third kappa shape index (κ3) is 5.89. The van der Waals surface area contributed by atoms with Crippen molar-refractivity contribution in [3.05, 3.63) is 155 Å². The average molecular weight is 641 g/mol. The smallest absolute Gasteiger partial charge is 0.418 e. The molecule has 2 fully saturated rings. The number of carbonyl (C=O) groups is 2. The zero-order chi connectivity index (χ0) is 33.1. The minimum atomic E-state index is -1.23. The van der Waals surface area contributed by atoms with Crippen LogP contribution in [-0.2, 0) is 21.5 Å². The van der Waals surface area contributed by atoms with Crippen LogP contribution >= 0.6 is 0 Å². The third-order valence-electron chi connectivity index (χ3n) is 9.68. The van der Waals surface area contributed by atoms with Crippen LogP contribution in [0.15, 0.2) is 120 Å². The maximum atomic E-state index is 14.3. The van der Waals surface area contributed by atoms with Gasteiger partial charge >= 0.3 is 6.09 Å². The predicted octanol–water partition coefficient (Wildman–Crippen LogP) is 9.05. The van der Waals surface area contributed by atoms with Crippen LogP contribution in [0.2, 0.25) is 0 Å². The van der Waals surface area contributed by atoms with E-state index in [1.807, 2.05) is 129 Å². The molecule has 1 aliphatic heterocycles. The van der Waals surface area contributed by atoms with E-state index in [1.54, 1.807) is 0 Å². The van der Waals surface area contributed by atoms with E-state index in [0.29, 0.717) is 11.7 Å². The molecule has 48 heavy (non-hydrogen) atoms. The number of hydrogen-bond acceptors (Lipinski definition) is 6. The van der Waals surface area contributed by atoms with E-state index in [1.165, 1.54) is 24.2 Å². The Morgan fingerprint density at radius 1 is 0.792 bits per heavy atom. The Bertz CT molecular complexity index is 1750. The number of benzene rings is 4. The number of aromatic nitrogens is 1. The second-order valence-corrected chi connectivity index (χ2v) is 12.8. The van der Waals surface area contributed by atoms with Gasteiger partial charge in [-0.2, -0.15) is 0 Å². The molecule has 0 N–H and O–H groups in total. The number of carbonyl (C=O) groups excluding carboxylic acids is 2. The van der Waals surface area contributed by atoms with Gasteiger partial charge in [0.1, 0.15) is 28.8 Å². The Labute approximate surface area is 281 Å². The van der Waals surface area contributed by atoms with Gasteiger partial charge in [-0.15, -0.1) is 0 Å². The topological polar surface area (TPSA) is 81.9 Å². The lowest BCUT2D eigenvalue weighted by Crippen LogP contribution is -2.51. The fourth-order valence-corrected chi connectivity index (χ4v) is 7.32. The molecular formula is C41H40N2O5. The molecule has 0 spiro atoms. The number of imide groups is 1. The zero-order valence-corrected chi connectivity index (χ0v) is 27.4. The van der Waals surface area contributed by atoms with Crippen molar-refractivity contribution in [3.8, 4) is 5.75 Å². The SMILES string of the molecule is Cc1oc(C2CCCCC2)nc1C(C)Oc1ccc(CC2OC(=O)N(C(c3ccccc3)(c3ccccc3)c3ccccc3)C2=O)cc1. The van der Waals surface area contributed by atoms with Crippen LogP contribution in [0.4, 0.5) is 4.79 Å². The molecule has 2 atom stereocenters. The lowest BCUT2D eigenvalue weighted by atomic mass is 9.75. The Morgan fingerprint density at radius 2 is 1.33 bits per heavy atom. The molecule has 1 aromatic heterocycles. The number of oxazole rings is 1. The van der Waals surface area contributed by atoms with Crippen molar-refractivity contribution >= 4 is 12.0 Å². The zero-order valence-electron chi connectivity index (χ0n) is 27.4. The fraction of sp³-hybridized carbons (Fsp3) is 0.293. The minimum absolute atomic E-state index is 0.235. The summed E-state index contributed by atoms with van der Waals surface area (Å²) in [5, 5.41) is 0. The minimum Gasteiger partial charge on any atom is -0.484 e. The van der Waals surface area contributed by atoms with Gasteiger partial charge in [-0.3, -0.25) is 4.79 Å². The maximum Gasteiger partial charge on any atom is 0.418 e. The van der Waals surface area contributed by atoms with Gasteiger partial charge in [-0.25, -0.2) is 14.7 Å². The molecule has 7 rings (SSSR count). The quantitative estimate of drug-likeness (QED) is 0.142. The van der Waals surface area contributed by atoms with E-state index in [0.717, 1.165) is 52.4 Å². The van der Waals surface area contributed by atoms with Crippen molar-refractivity contribution in [1.29, 1.82) is 0 Å². The molecule has 0 radical (unpaired) electrons. The van der Waals surface area contributed by atoms with Gasteiger partial charge in [0.25, 0.3) is 5.91 Å². The fourth-order valence-electron chi connectivity index (χ4n) is 7.32. The number of hydrogen-bond donors (Lipinski definition) is 0. The number of cyclic esters (lactones) is 1. The van der Waals surface area contributed by atoms with Gasteiger partial charge in [0, 0.05) is 12.3 Å². The molecule has 244 valence electrons. The van der Waals surface area contributed by atoms with Crippen molar-refractivity contribution in [1.82, 2.24) is 9.88 Å². The van der Waals surface area contributed by atoms with Gasteiger partial charge in [0.15, 0.2) is 12.0 Å². The predicted molar refractivity (Wildman–Crippen MR) is 183 cm³/mol. The highest BCUT2D eigenvalue weighted by Gasteiger charge is 2.55. The number of aryl methyl sites for hydroxylation is 1. The van der Waals surface area contributed by atoms with Crippen LogP contribution in [0.1, 0.15) is 90.6 Å². The van der Waals surface area contributed by atoms with E-state index in [-0.39, 0.29) is 18.4 Å². The van der Waals surface area contributed by atoms with Crippen LogP contribution in [0, 0.1) is 6.92 Å². The largest absolute Gasteiger partial charge is 0.484 e. The molecule has 4 aromatic carbocycles. The molecule has 1 saturated carbocycles. The maximum absolute atomic E-state index is 14.3. The van der Waals surface area contributed by atoms with Crippen molar-refractivity contribution in [2.45, 2.75) is 76.0 Å². The highest BCUT2D eigenvalue weighted by molar-refractivity contribution is 6.02. The Hall–Kier alpha value is -5.17. The number of rotatable bonds is 10. The standard InChI is InChI=1S/C41H40N2O5/c1-28(37-29(2)47-38(42-37)31-15-7-3-8-16-31)46-35-25-23-30(24-26-35)27-36-39(44)43(40(45)48-36)41(32-17-9-4-10-18-32,33-19-11-5-12-20-33)34-21-13-6-14-22-34/h4-6,9-14,17-26,28,31,36H,3,7-8,15-16,27H2,1-2H3. The number of amides is 2. The third-order valence-corrected chi connectivity index (χ3v) is 9.68. The second-order valence-electron chi connectivity index (χ2n) is 12.8. The van der Waals surface area contributed by atoms with Crippen LogP contribution < -0.4 is 4.74 Å². The second kappa shape index (κ2) is 13.5. The summed E-state index contributed by atoms with van der Waals surface area (Å²) in [7, 11) is 0. The summed E-state index contributed by atoms with van der Waals surface area (Å²) in [6.07, 6.45) is 4.26. The summed E-state index contributed by atoms with van der Waals surface area (Å²) in [6, 6.07) is 36.6. The van der Waals surface area contributed by atoms with Crippen LogP contribution in [-0.4, -0.2) is 28.0 Å². The summed E-state index contributed by atoms with van der Waals surface area (Å²) >= 11 is 0.